The number of nitrogens with zero attached hydrogens (tertiary/aromatic N) is 5. The standard InChI is InChI=1S/C16H15Cl2N5O2/c17-11-1-2-12(25)14(15(11)18)9-5-13-20-21-16(23(13)8-9)10-6-19-22(7-10)3-4-24/h1-2,6-7,9,24-25H,3-5,8H2/t9-/m1/s1. The Hall–Kier alpha value is -2.09. The lowest BCUT2D eigenvalue weighted by atomic mass is 9.96. The SMILES string of the molecule is OCCn1cc(-c2nnc3n2C[C@H](c2c(O)ccc(Cl)c2Cl)C3)cn1. The minimum Gasteiger partial charge on any atom is -0.508 e. The molecular formula is C16H15Cl2N5O2. The molecule has 1 aromatic carbocycles. The number of rotatable bonds is 4. The van der Waals surface area contributed by atoms with Gasteiger partial charge in [0.15, 0.2) is 5.82 Å². The smallest absolute Gasteiger partial charge is 0.167 e. The Kier molecular flexibility index (Phi) is 4.15. The second-order valence-electron chi connectivity index (χ2n) is 5.96. The van der Waals surface area contributed by atoms with Crippen LogP contribution >= 0.6 is 23.2 Å². The van der Waals surface area contributed by atoms with Crippen LogP contribution < -0.4 is 0 Å². The number of aromatic nitrogens is 5. The van der Waals surface area contributed by atoms with Crippen LogP contribution in [0.3, 0.4) is 0 Å². The van der Waals surface area contributed by atoms with Crippen LogP contribution in [0, 0.1) is 0 Å². The summed E-state index contributed by atoms with van der Waals surface area (Å²) >= 11 is 12.4. The molecule has 0 saturated heterocycles. The van der Waals surface area contributed by atoms with E-state index in [0.717, 1.165) is 11.4 Å². The van der Waals surface area contributed by atoms with Gasteiger partial charge in [-0.15, -0.1) is 10.2 Å². The fourth-order valence-corrected chi connectivity index (χ4v) is 3.72. The van der Waals surface area contributed by atoms with Gasteiger partial charge in [-0.2, -0.15) is 5.10 Å². The van der Waals surface area contributed by atoms with Gasteiger partial charge in [-0.3, -0.25) is 4.68 Å². The molecule has 1 aliphatic heterocycles. The van der Waals surface area contributed by atoms with Crippen LogP contribution in [-0.2, 0) is 19.5 Å². The van der Waals surface area contributed by atoms with E-state index >= 15 is 0 Å². The minimum absolute atomic E-state index is 0.0215. The highest BCUT2D eigenvalue weighted by atomic mass is 35.5. The Morgan fingerprint density at radius 3 is 2.88 bits per heavy atom. The molecule has 4 rings (SSSR count). The van der Waals surface area contributed by atoms with E-state index in [1.807, 2.05) is 10.8 Å². The van der Waals surface area contributed by atoms with Gasteiger partial charge in [0.2, 0.25) is 0 Å². The summed E-state index contributed by atoms with van der Waals surface area (Å²) < 4.78 is 3.66. The number of phenolic OH excluding ortho intramolecular Hbond substituents is 1. The van der Waals surface area contributed by atoms with Crippen LogP contribution in [0.25, 0.3) is 11.4 Å². The average Bonchev–Trinajstić information content (AvgIpc) is 3.27. The predicted molar refractivity (Wildman–Crippen MR) is 92.9 cm³/mol. The largest absolute Gasteiger partial charge is 0.508 e. The molecule has 0 unspecified atom stereocenters. The number of hydrogen-bond acceptors (Lipinski definition) is 5. The summed E-state index contributed by atoms with van der Waals surface area (Å²) in [4.78, 5) is 0. The van der Waals surface area contributed by atoms with Crippen LogP contribution in [0.15, 0.2) is 24.5 Å². The molecule has 1 aliphatic rings. The van der Waals surface area contributed by atoms with Crippen molar-refractivity contribution in [3.8, 4) is 17.1 Å². The van der Waals surface area contributed by atoms with E-state index in [-0.39, 0.29) is 18.3 Å². The zero-order chi connectivity index (χ0) is 17.6. The molecule has 0 fully saturated rings. The molecule has 0 saturated carbocycles. The third-order valence-electron chi connectivity index (χ3n) is 4.40. The van der Waals surface area contributed by atoms with Crippen molar-refractivity contribution in [1.29, 1.82) is 0 Å². The predicted octanol–water partition coefficient (Wildman–Crippen LogP) is 2.49. The first-order chi connectivity index (χ1) is 12.1. The van der Waals surface area contributed by atoms with E-state index < -0.39 is 0 Å². The molecular weight excluding hydrogens is 365 g/mol. The molecule has 7 nitrogen and oxygen atoms in total. The zero-order valence-electron chi connectivity index (χ0n) is 13.1. The molecule has 9 heteroatoms. The number of phenols is 1. The fraction of sp³-hybridized carbons (Fsp3) is 0.312. The highest BCUT2D eigenvalue weighted by Gasteiger charge is 2.31. The van der Waals surface area contributed by atoms with Gasteiger partial charge in [0.25, 0.3) is 0 Å². The summed E-state index contributed by atoms with van der Waals surface area (Å²) in [6, 6.07) is 3.14. The van der Waals surface area contributed by atoms with Crippen molar-refractivity contribution < 1.29 is 10.2 Å². The van der Waals surface area contributed by atoms with Crippen molar-refractivity contribution in [2.75, 3.05) is 6.61 Å². The van der Waals surface area contributed by atoms with E-state index in [2.05, 4.69) is 15.3 Å². The third-order valence-corrected chi connectivity index (χ3v) is 5.22. The summed E-state index contributed by atoms with van der Waals surface area (Å²) in [5.41, 5.74) is 1.47. The van der Waals surface area contributed by atoms with Crippen molar-refractivity contribution in [2.45, 2.75) is 25.4 Å². The summed E-state index contributed by atoms with van der Waals surface area (Å²) in [7, 11) is 0. The first-order valence-electron chi connectivity index (χ1n) is 7.81. The van der Waals surface area contributed by atoms with Gasteiger partial charge >= 0.3 is 0 Å². The zero-order valence-corrected chi connectivity index (χ0v) is 14.6. The van der Waals surface area contributed by atoms with Crippen LogP contribution in [0.4, 0.5) is 0 Å². The Morgan fingerprint density at radius 2 is 2.08 bits per heavy atom. The summed E-state index contributed by atoms with van der Waals surface area (Å²) in [6.07, 6.45) is 4.14. The summed E-state index contributed by atoms with van der Waals surface area (Å²) in [5.74, 6) is 1.64. The maximum absolute atomic E-state index is 10.2. The Bertz CT molecular complexity index is 937. The molecule has 0 spiro atoms. The monoisotopic (exact) mass is 379 g/mol. The Balaban J connectivity index is 1.66. The fourth-order valence-electron chi connectivity index (χ4n) is 3.24. The van der Waals surface area contributed by atoms with Gasteiger partial charge in [0, 0.05) is 30.6 Å². The molecule has 3 aromatic rings. The van der Waals surface area contributed by atoms with E-state index in [4.69, 9.17) is 28.3 Å². The van der Waals surface area contributed by atoms with Crippen molar-refractivity contribution in [3.63, 3.8) is 0 Å². The first-order valence-corrected chi connectivity index (χ1v) is 8.56. The molecule has 0 aliphatic carbocycles. The van der Waals surface area contributed by atoms with Crippen LogP contribution in [0.1, 0.15) is 17.3 Å². The van der Waals surface area contributed by atoms with Crippen LogP contribution in [0.5, 0.6) is 5.75 Å². The maximum Gasteiger partial charge on any atom is 0.167 e. The van der Waals surface area contributed by atoms with Gasteiger partial charge < -0.3 is 14.8 Å². The van der Waals surface area contributed by atoms with Gasteiger partial charge in [0.1, 0.15) is 11.6 Å². The second kappa shape index (κ2) is 6.33. The molecule has 3 heterocycles. The number of aliphatic hydroxyl groups is 1. The van der Waals surface area contributed by atoms with Gasteiger partial charge in [0.05, 0.1) is 35.0 Å². The average molecular weight is 380 g/mol. The lowest BCUT2D eigenvalue weighted by Crippen LogP contribution is -2.04. The van der Waals surface area contributed by atoms with Gasteiger partial charge in [-0.25, -0.2) is 0 Å². The minimum atomic E-state index is -0.0251. The molecule has 0 amide bonds. The highest BCUT2D eigenvalue weighted by molar-refractivity contribution is 6.42. The number of hydrogen-bond donors (Lipinski definition) is 2. The first kappa shape index (κ1) is 16.4. The normalized spacial score (nSPS) is 16.4. The number of aromatic hydroxyl groups is 1. The number of aliphatic hydroxyl groups excluding tert-OH is 1. The molecule has 0 radical (unpaired) electrons. The lowest BCUT2D eigenvalue weighted by molar-refractivity contribution is 0.269. The van der Waals surface area contributed by atoms with E-state index in [0.29, 0.717) is 40.9 Å². The number of halogens is 2. The van der Waals surface area contributed by atoms with Crippen molar-refractivity contribution in [1.82, 2.24) is 24.5 Å². The third kappa shape index (κ3) is 2.78. The quantitative estimate of drug-likeness (QED) is 0.726. The van der Waals surface area contributed by atoms with Crippen molar-refractivity contribution in [3.05, 3.63) is 46.0 Å². The summed E-state index contributed by atoms with van der Waals surface area (Å²) in [6.45, 7) is 1.04. The Labute approximate surface area is 153 Å². The van der Waals surface area contributed by atoms with Crippen LogP contribution in [0.2, 0.25) is 10.0 Å². The molecule has 130 valence electrons. The maximum atomic E-state index is 10.2. The molecule has 0 bridgehead atoms. The van der Waals surface area contributed by atoms with E-state index in [9.17, 15) is 5.11 Å². The van der Waals surface area contributed by atoms with Crippen molar-refractivity contribution >= 4 is 23.2 Å². The summed E-state index contributed by atoms with van der Waals surface area (Å²) in [5, 5.41) is 32.7. The van der Waals surface area contributed by atoms with Crippen LogP contribution in [-0.4, -0.2) is 41.4 Å². The highest BCUT2D eigenvalue weighted by Crippen LogP contribution is 2.42. The molecule has 25 heavy (non-hydrogen) atoms. The Morgan fingerprint density at radius 1 is 1.24 bits per heavy atom. The van der Waals surface area contributed by atoms with E-state index in [1.54, 1.807) is 23.0 Å². The van der Waals surface area contributed by atoms with Gasteiger partial charge in [-0.05, 0) is 12.1 Å². The van der Waals surface area contributed by atoms with Crippen molar-refractivity contribution in [2.24, 2.45) is 0 Å². The topological polar surface area (TPSA) is 89.0 Å². The molecule has 1 atom stereocenters. The molecule has 2 N–H and O–H groups in total. The molecule has 2 aromatic heterocycles. The van der Waals surface area contributed by atoms with E-state index in [1.165, 1.54) is 0 Å². The number of benzene rings is 1. The number of fused-ring (bicyclic) bond motifs is 1. The second-order valence-corrected chi connectivity index (χ2v) is 6.75. The lowest BCUT2D eigenvalue weighted by Gasteiger charge is -2.14. The van der Waals surface area contributed by atoms with Gasteiger partial charge in [-0.1, -0.05) is 23.2 Å².